The molecule has 0 fully saturated rings. The lowest BCUT2D eigenvalue weighted by atomic mass is 9.97. The van der Waals surface area contributed by atoms with Crippen LogP contribution >= 0.6 is 0 Å². The Kier molecular flexibility index (Phi) is 13.9. The van der Waals surface area contributed by atoms with Gasteiger partial charge in [0.05, 0.1) is 18.8 Å². The van der Waals surface area contributed by atoms with Crippen LogP contribution in [0.15, 0.2) is 75.9 Å². The van der Waals surface area contributed by atoms with Crippen molar-refractivity contribution >= 4 is 11.0 Å². The Morgan fingerprint density at radius 2 is 1.00 bits per heavy atom. The lowest BCUT2D eigenvalue weighted by Gasteiger charge is -2.11. The predicted octanol–water partition coefficient (Wildman–Crippen LogP) is 11.7. The zero-order valence-corrected chi connectivity index (χ0v) is 27.3. The molecule has 4 heteroatoms. The third-order valence-electron chi connectivity index (χ3n) is 8.53. The molecule has 4 aromatic rings. The first-order valence-corrected chi connectivity index (χ1v) is 17.1. The van der Waals surface area contributed by atoms with E-state index in [9.17, 15) is 4.79 Å². The molecule has 44 heavy (non-hydrogen) atoms. The highest BCUT2D eigenvalue weighted by Crippen LogP contribution is 2.31. The molecule has 0 amide bonds. The molecule has 0 N–H and O–H groups in total. The fourth-order valence-electron chi connectivity index (χ4n) is 5.83. The smallest absolute Gasteiger partial charge is 0.344 e. The van der Waals surface area contributed by atoms with Gasteiger partial charge in [-0.2, -0.15) is 0 Å². The van der Waals surface area contributed by atoms with Gasteiger partial charge in [0.2, 0.25) is 0 Å². The average molecular weight is 597 g/mol. The van der Waals surface area contributed by atoms with E-state index in [1.165, 1.54) is 77.0 Å². The van der Waals surface area contributed by atoms with Crippen molar-refractivity contribution in [3.05, 3.63) is 82.7 Å². The molecule has 0 radical (unpaired) electrons. The van der Waals surface area contributed by atoms with E-state index in [1.54, 1.807) is 0 Å². The maximum atomic E-state index is 13.1. The molecule has 1 aromatic heterocycles. The van der Waals surface area contributed by atoms with Crippen LogP contribution in [0.1, 0.15) is 109 Å². The molecule has 0 aliphatic carbocycles. The Morgan fingerprint density at radius 1 is 0.545 bits per heavy atom. The van der Waals surface area contributed by atoms with Gasteiger partial charge >= 0.3 is 5.63 Å². The van der Waals surface area contributed by atoms with Crippen LogP contribution in [0.2, 0.25) is 0 Å². The van der Waals surface area contributed by atoms with Gasteiger partial charge in [0.15, 0.2) is 0 Å². The summed E-state index contributed by atoms with van der Waals surface area (Å²) >= 11 is 0. The van der Waals surface area contributed by atoms with Gasteiger partial charge in [-0.25, -0.2) is 4.79 Å². The maximum Gasteiger partial charge on any atom is 0.344 e. The summed E-state index contributed by atoms with van der Waals surface area (Å²) < 4.78 is 17.7. The van der Waals surface area contributed by atoms with E-state index in [4.69, 9.17) is 13.9 Å². The molecule has 0 unspecified atom stereocenters. The SMILES string of the molecule is CCCCCCCCCCOc1ccc2c(C)c(-c3ccc(-c4ccc(OCCCCCCCC)cc4)cc3)c(=O)oc2c1. The number of aryl methyl sites for hydroxylation is 1. The Balaban J connectivity index is 1.31. The number of unbranched alkanes of at least 4 members (excludes halogenated alkanes) is 12. The van der Waals surface area contributed by atoms with Crippen LogP contribution < -0.4 is 15.1 Å². The van der Waals surface area contributed by atoms with E-state index < -0.39 is 0 Å². The molecule has 0 spiro atoms. The summed E-state index contributed by atoms with van der Waals surface area (Å²) in [7, 11) is 0. The highest BCUT2D eigenvalue weighted by atomic mass is 16.5. The number of hydrogen-bond acceptors (Lipinski definition) is 4. The van der Waals surface area contributed by atoms with Crippen LogP contribution in [-0.4, -0.2) is 13.2 Å². The first-order chi connectivity index (χ1) is 21.6. The van der Waals surface area contributed by atoms with Gasteiger partial charge in [-0.3, -0.25) is 0 Å². The minimum Gasteiger partial charge on any atom is -0.494 e. The topological polar surface area (TPSA) is 48.7 Å². The third kappa shape index (κ3) is 10.0. The minimum atomic E-state index is -0.324. The van der Waals surface area contributed by atoms with Crippen molar-refractivity contribution in [3.8, 4) is 33.8 Å². The van der Waals surface area contributed by atoms with Crippen molar-refractivity contribution in [3.63, 3.8) is 0 Å². The third-order valence-corrected chi connectivity index (χ3v) is 8.53. The van der Waals surface area contributed by atoms with Crippen molar-refractivity contribution in [2.45, 2.75) is 111 Å². The molecule has 3 aromatic carbocycles. The summed E-state index contributed by atoms with van der Waals surface area (Å²) in [5.74, 6) is 1.66. The van der Waals surface area contributed by atoms with E-state index in [1.807, 2.05) is 49.4 Å². The summed E-state index contributed by atoms with van der Waals surface area (Å²) in [5, 5.41) is 0.930. The van der Waals surface area contributed by atoms with Crippen molar-refractivity contribution in [2.75, 3.05) is 13.2 Å². The van der Waals surface area contributed by atoms with Crippen molar-refractivity contribution in [1.82, 2.24) is 0 Å². The molecule has 236 valence electrons. The van der Waals surface area contributed by atoms with Gasteiger partial charge < -0.3 is 13.9 Å². The van der Waals surface area contributed by atoms with Crippen molar-refractivity contribution in [2.24, 2.45) is 0 Å². The average Bonchev–Trinajstić information content (AvgIpc) is 3.04. The molecule has 0 saturated heterocycles. The fourth-order valence-corrected chi connectivity index (χ4v) is 5.83. The molecule has 0 atom stereocenters. The van der Waals surface area contributed by atoms with Gasteiger partial charge in [0.25, 0.3) is 0 Å². The molecule has 0 aliphatic heterocycles. The number of benzene rings is 3. The quantitative estimate of drug-likeness (QED) is 0.0752. The van der Waals surface area contributed by atoms with Gasteiger partial charge in [-0.15, -0.1) is 0 Å². The van der Waals surface area contributed by atoms with E-state index in [2.05, 4.69) is 38.1 Å². The van der Waals surface area contributed by atoms with E-state index in [-0.39, 0.29) is 5.63 Å². The lowest BCUT2D eigenvalue weighted by Crippen LogP contribution is -2.06. The van der Waals surface area contributed by atoms with E-state index >= 15 is 0 Å². The number of hydrogen-bond donors (Lipinski definition) is 0. The van der Waals surface area contributed by atoms with Crippen LogP contribution in [0.5, 0.6) is 11.5 Å². The van der Waals surface area contributed by atoms with Gasteiger partial charge in [0, 0.05) is 11.5 Å². The minimum absolute atomic E-state index is 0.324. The van der Waals surface area contributed by atoms with E-state index in [0.29, 0.717) is 17.8 Å². The Bertz CT molecular complexity index is 1450. The standard InChI is InChI=1S/C40H52O4/c1-4-6-8-10-12-13-15-17-29-43-36-26-27-37-31(3)39(40(41)44-38(37)30-36)34-20-18-32(19-21-34)33-22-24-35(25-23-33)42-28-16-14-11-9-7-5-2/h18-27,30H,4-17,28-29H2,1-3H3. The van der Waals surface area contributed by atoms with Gasteiger partial charge in [-0.05, 0) is 66.3 Å². The zero-order chi connectivity index (χ0) is 31.0. The second-order valence-electron chi connectivity index (χ2n) is 12.1. The number of fused-ring (bicyclic) bond motifs is 1. The molecule has 4 nitrogen and oxygen atoms in total. The Labute approximate surface area is 264 Å². The highest BCUT2D eigenvalue weighted by Gasteiger charge is 2.14. The summed E-state index contributed by atoms with van der Waals surface area (Å²) in [4.78, 5) is 13.1. The number of rotatable bonds is 20. The van der Waals surface area contributed by atoms with Crippen LogP contribution in [0.3, 0.4) is 0 Å². The van der Waals surface area contributed by atoms with Crippen LogP contribution in [0, 0.1) is 6.92 Å². The molecule has 0 aliphatic rings. The molecule has 4 rings (SSSR count). The molecule has 0 saturated carbocycles. The summed E-state index contributed by atoms with van der Waals surface area (Å²) in [6, 6.07) is 22.2. The monoisotopic (exact) mass is 596 g/mol. The molecular weight excluding hydrogens is 544 g/mol. The first-order valence-electron chi connectivity index (χ1n) is 17.1. The van der Waals surface area contributed by atoms with Gasteiger partial charge in [0.1, 0.15) is 17.1 Å². The van der Waals surface area contributed by atoms with E-state index in [0.717, 1.165) is 58.6 Å². The van der Waals surface area contributed by atoms with Crippen LogP contribution in [0.4, 0.5) is 0 Å². The summed E-state index contributed by atoms with van der Waals surface area (Å²) in [6.45, 7) is 7.94. The second-order valence-corrected chi connectivity index (χ2v) is 12.1. The predicted molar refractivity (Wildman–Crippen MR) is 185 cm³/mol. The second kappa shape index (κ2) is 18.3. The van der Waals surface area contributed by atoms with Crippen molar-refractivity contribution < 1.29 is 13.9 Å². The van der Waals surface area contributed by atoms with Crippen LogP contribution in [0.25, 0.3) is 33.2 Å². The largest absolute Gasteiger partial charge is 0.494 e. The molecular formula is C40H52O4. The zero-order valence-electron chi connectivity index (χ0n) is 27.3. The lowest BCUT2D eigenvalue weighted by molar-refractivity contribution is 0.304. The molecule has 0 bridgehead atoms. The van der Waals surface area contributed by atoms with Crippen LogP contribution in [-0.2, 0) is 0 Å². The summed E-state index contributed by atoms with van der Waals surface area (Å²) in [6.07, 6.45) is 17.7. The summed E-state index contributed by atoms with van der Waals surface area (Å²) in [5.41, 5.74) is 4.84. The first kappa shape index (κ1) is 33.4. The number of ether oxygens (including phenoxy) is 2. The fraction of sp³-hybridized carbons (Fsp3) is 0.475. The normalized spacial score (nSPS) is 11.2. The highest BCUT2D eigenvalue weighted by molar-refractivity contribution is 5.87. The Morgan fingerprint density at radius 3 is 1.57 bits per heavy atom. The maximum absolute atomic E-state index is 13.1. The van der Waals surface area contributed by atoms with Gasteiger partial charge in [-0.1, -0.05) is 127 Å². The van der Waals surface area contributed by atoms with Crippen molar-refractivity contribution in [1.29, 1.82) is 0 Å². The molecule has 1 heterocycles. The Hall–Kier alpha value is -3.53.